The van der Waals surface area contributed by atoms with E-state index in [0.717, 1.165) is 10.0 Å². The summed E-state index contributed by atoms with van der Waals surface area (Å²) in [4.78, 5) is 0. The van der Waals surface area contributed by atoms with Crippen LogP contribution in [-0.4, -0.2) is 28.9 Å². The molecule has 0 aliphatic heterocycles. The number of rotatable bonds is 5. The maximum atomic E-state index is 12.1. The second-order valence-electron chi connectivity index (χ2n) is 5.23. The predicted octanol–water partition coefficient (Wildman–Crippen LogP) is 3.70. The Morgan fingerprint density at radius 3 is 2.60 bits per heavy atom. The van der Waals surface area contributed by atoms with Gasteiger partial charge >= 0.3 is 0 Å². The first-order valence-electron chi connectivity index (χ1n) is 6.14. The first-order valence-corrected chi connectivity index (χ1v) is 8.04. The zero-order valence-electron chi connectivity index (χ0n) is 12.4. The maximum Gasteiger partial charge on any atom is 0.188 e. The lowest BCUT2D eigenvalue weighted by Crippen LogP contribution is -2.26. The molecule has 4 nitrogen and oxygen atoms in total. The molecule has 1 aromatic carbocycles. The molecule has 0 N–H and O–H groups in total. The zero-order chi connectivity index (χ0) is 15.3. The van der Waals surface area contributed by atoms with Crippen molar-refractivity contribution in [3.8, 4) is 5.75 Å². The van der Waals surface area contributed by atoms with Gasteiger partial charge in [0.1, 0.15) is 21.9 Å². The second kappa shape index (κ2) is 7.45. The van der Waals surface area contributed by atoms with Crippen LogP contribution in [0.4, 0.5) is 0 Å². The molecule has 0 spiro atoms. The van der Waals surface area contributed by atoms with E-state index in [0.29, 0.717) is 11.5 Å². The van der Waals surface area contributed by atoms with Crippen molar-refractivity contribution in [1.82, 2.24) is 0 Å². The summed E-state index contributed by atoms with van der Waals surface area (Å²) in [6.07, 6.45) is 0. The largest absolute Gasteiger partial charge is 0.591 e. The third-order valence-corrected chi connectivity index (χ3v) is 4.39. The summed E-state index contributed by atoms with van der Waals surface area (Å²) in [7, 11) is 1.56. The second-order valence-corrected chi connectivity index (χ2v) is 8.05. The number of halogens is 1. The normalized spacial score (nSPS) is 14.2. The highest BCUT2D eigenvalue weighted by Gasteiger charge is 2.27. The lowest BCUT2D eigenvalue weighted by atomic mass is 10.1. The van der Waals surface area contributed by atoms with Crippen molar-refractivity contribution in [2.75, 3.05) is 13.9 Å². The lowest BCUT2D eigenvalue weighted by molar-refractivity contribution is 0.0509. The molecular formula is C14H20BrNO3S. The summed E-state index contributed by atoms with van der Waals surface area (Å²) in [5, 5.41) is 0. The van der Waals surface area contributed by atoms with E-state index in [4.69, 9.17) is 9.47 Å². The Bertz CT molecular complexity index is 486. The Labute approximate surface area is 132 Å². The van der Waals surface area contributed by atoms with Gasteiger partial charge in [-0.3, -0.25) is 0 Å². The molecule has 0 heterocycles. The van der Waals surface area contributed by atoms with Crippen LogP contribution in [0, 0.1) is 0 Å². The predicted molar refractivity (Wildman–Crippen MR) is 86.8 cm³/mol. The van der Waals surface area contributed by atoms with Gasteiger partial charge in [0.2, 0.25) is 0 Å². The van der Waals surface area contributed by atoms with E-state index in [-0.39, 0.29) is 11.5 Å². The number of ether oxygens (including phenoxy) is 2. The number of benzene rings is 1. The van der Waals surface area contributed by atoms with Crippen molar-refractivity contribution in [2.45, 2.75) is 32.4 Å². The van der Waals surface area contributed by atoms with Gasteiger partial charge in [0.15, 0.2) is 6.79 Å². The van der Waals surface area contributed by atoms with Gasteiger partial charge < -0.3 is 14.0 Å². The summed E-state index contributed by atoms with van der Waals surface area (Å²) in [5.41, 5.74) is 1.49. The standard InChI is InChI=1S/C14H20BrNO3S/c1-10(16-20(17)14(2,3)4)12-7-6-11(15)8-13(12)19-9-18-5/h6-8H,9H2,1-5H3. The van der Waals surface area contributed by atoms with Crippen molar-refractivity contribution < 1.29 is 14.0 Å². The van der Waals surface area contributed by atoms with Gasteiger partial charge in [-0.2, -0.15) is 0 Å². The molecule has 0 aromatic heterocycles. The number of hydrogen-bond donors (Lipinski definition) is 0. The molecule has 0 aliphatic rings. The zero-order valence-corrected chi connectivity index (χ0v) is 14.8. The van der Waals surface area contributed by atoms with Crippen molar-refractivity contribution in [3.05, 3.63) is 28.2 Å². The molecule has 0 aliphatic carbocycles. The Morgan fingerprint density at radius 1 is 1.40 bits per heavy atom. The summed E-state index contributed by atoms with van der Waals surface area (Å²) >= 11 is 2.10. The summed E-state index contributed by atoms with van der Waals surface area (Å²) < 4.78 is 27.3. The van der Waals surface area contributed by atoms with Crippen molar-refractivity contribution in [2.24, 2.45) is 4.40 Å². The third kappa shape index (κ3) is 5.09. The van der Waals surface area contributed by atoms with E-state index < -0.39 is 11.4 Å². The van der Waals surface area contributed by atoms with Crippen LogP contribution in [-0.2, 0) is 16.1 Å². The molecule has 0 saturated heterocycles. The highest BCUT2D eigenvalue weighted by Crippen LogP contribution is 2.26. The highest BCUT2D eigenvalue weighted by atomic mass is 79.9. The van der Waals surface area contributed by atoms with E-state index >= 15 is 0 Å². The molecule has 0 saturated carbocycles. The molecule has 112 valence electrons. The molecule has 0 radical (unpaired) electrons. The van der Waals surface area contributed by atoms with Crippen LogP contribution in [0.15, 0.2) is 27.1 Å². The van der Waals surface area contributed by atoms with Crippen molar-refractivity contribution in [3.63, 3.8) is 0 Å². The van der Waals surface area contributed by atoms with Gasteiger partial charge in [-0.05, 0) is 45.9 Å². The molecule has 1 rings (SSSR count). The summed E-state index contributed by atoms with van der Waals surface area (Å²) in [6, 6.07) is 5.62. The van der Waals surface area contributed by atoms with E-state index in [1.807, 2.05) is 45.9 Å². The van der Waals surface area contributed by atoms with Crippen molar-refractivity contribution in [1.29, 1.82) is 0 Å². The van der Waals surface area contributed by atoms with E-state index in [1.165, 1.54) is 0 Å². The van der Waals surface area contributed by atoms with Gasteiger partial charge in [0, 0.05) is 17.1 Å². The van der Waals surface area contributed by atoms with E-state index in [1.54, 1.807) is 7.11 Å². The number of methoxy groups -OCH3 is 1. The Hall–Kier alpha value is -0.560. The van der Waals surface area contributed by atoms with Crippen LogP contribution < -0.4 is 4.74 Å². The fourth-order valence-corrected chi connectivity index (χ4v) is 2.31. The van der Waals surface area contributed by atoms with Gasteiger partial charge in [-0.1, -0.05) is 20.3 Å². The topological polar surface area (TPSA) is 53.9 Å². The van der Waals surface area contributed by atoms with Gasteiger partial charge in [-0.15, -0.1) is 0 Å². The fourth-order valence-electron chi connectivity index (χ4n) is 1.35. The van der Waals surface area contributed by atoms with Crippen LogP contribution in [0.2, 0.25) is 0 Å². The maximum absolute atomic E-state index is 12.1. The van der Waals surface area contributed by atoms with Gasteiger partial charge in [-0.25, -0.2) is 0 Å². The molecule has 20 heavy (non-hydrogen) atoms. The van der Waals surface area contributed by atoms with Crippen molar-refractivity contribution >= 4 is 33.0 Å². The summed E-state index contributed by atoms with van der Waals surface area (Å²) in [5.74, 6) is 0.647. The fraction of sp³-hybridized carbons (Fsp3) is 0.500. The Balaban J connectivity index is 3.08. The first kappa shape index (κ1) is 17.5. The smallest absolute Gasteiger partial charge is 0.188 e. The molecule has 1 atom stereocenters. The van der Waals surface area contributed by atoms with Crippen LogP contribution in [0.1, 0.15) is 33.3 Å². The average molecular weight is 362 g/mol. The van der Waals surface area contributed by atoms with Crippen LogP contribution >= 0.6 is 15.9 Å². The average Bonchev–Trinajstić information content (AvgIpc) is 2.35. The van der Waals surface area contributed by atoms with Gasteiger partial charge in [0.05, 0.1) is 5.71 Å². The Morgan fingerprint density at radius 2 is 2.05 bits per heavy atom. The quantitative estimate of drug-likeness (QED) is 0.456. The highest BCUT2D eigenvalue weighted by molar-refractivity contribution is 9.10. The van der Waals surface area contributed by atoms with E-state index in [9.17, 15) is 4.55 Å². The lowest BCUT2D eigenvalue weighted by Gasteiger charge is -2.19. The first-order chi connectivity index (χ1) is 9.25. The van der Waals surface area contributed by atoms with Gasteiger partial charge in [0.25, 0.3) is 0 Å². The minimum atomic E-state index is -1.30. The number of nitrogens with zero attached hydrogens (tertiary/aromatic N) is 1. The molecule has 1 unspecified atom stereocenters. The Kier molecular flexibility index (Phi) is 6.51. The van der Waals surface area contributed by atoms with Crippen LogP contribution in [0.5, 0.6) is 5.75 Å². The molecule has 6 heteroatoms. The third-order valence-electron chi connectivity index (χ3n) is 2.41. The minimum absolute atomic E-state index is 0.152. The molecule has 1 aromatic rings. The molecule has 0 fully saturated rings. The SMILES string of the molecule is COCOc1cc(Br)ccc1C(C)=N[S+]([O-])C(C)(C)C. The molecule has 0 bridgehead atoms. The van der Waals surface area contributed by atoms with E-state index in [2.05, 4.69) is 20.3 Å². The number of hydrogen-bond acceptors (Lipinski definition) is 4. The molecule has 0 amide bonds. The monoisotopic (exact) mass is 361 g/mol. The molecular weight excluding hydrogens is 342 g/mol. The summed E-state index contributed by atoms with van der Waals surface area (Å²) in [6.45, 7) is 7.66. The van der Waals surface area contributed by atoms with Crippen LogP contribution in [0.25, 0.3) is 0 Å². The van der Waals surface area contributed by atoms with Crippen LogP contribution in [0.3, 0.4) is 0 Å². The minimum Gasteiger partial charge on any atom is -0.591 e.